The van der Waals surface area contributed by atoms with Crippen LogP contribution in [0.5, 0.6) is 0 Å². The van der Waals surface area contributed by atoms with Crippen molar-refractivity contribution in [3.8, 4) is 0 Å². The maximum absolute atomic E-state index is 12.8. The lowest BCUT2D eigenvalue weighted by Crippen LogP contribution is -2.53. The molecule has 0 bridgehead atoms. The van der Waals surface area contributed by atoms with Crippen molar-refractivity contribution in [3.05, 3.63) is 71.8 Å². The molecular weight excluding hydrogens is 376 g/mol. The fourth-order valence-electron chi connectivity index (χ4n) is 2.20. The fourth-order valence-corrected chi connectivity index (χ4v) is 2.20. The minimum atomic E-state index is -5.96. The number of hydrogen-bond donors (Lipinski definition) is 2. The average Bonchev–Trinajstić information content (AvgIpc) is 2.59. The van der Waals surface area contributed by atoms with Crippen molar-refractivity contribution in [3.63, 3.8) is 0 Å². The van der Waals surface area contributed by atoms with Crippen molar-refractivity contribution < 1.29 is 36.2 Å². The summed E-state index contributed by atoms with van der Waals surface area (Å²) in [5.41, 5.74) is -5.72. The zero-order valence-corrected chi connectivity index (χ0v) is 13.5. The lowest BCUT2D eigenvalue weighted by molar-refractivity contribution is -0.376. The van der Waals surface area contributed by atoms with Crippen molar-refractivity contribution in [2.45, 2.75) is 18.0 Å². The summed E-state index contributed by atoms with van der Waals surface area (Å²) < 4.78 is 76.9. The molecule has 27 heavy (non-hydrogen) atoms. The first-order valence-corrected chi connectivity index (χ1v) is 7.45. The van der Waals surface area contributed by atoms with Crippen LogP contribution >= 0.6 is 0 Å². The lowest BCUT2D eigenvalue weighted by Gasteiger charge is -2.32. The van der Waals surface area contributed by atoms with E-state index >= 15 is 0 Å². The summed E-state index contributed by atoms with van der Waals surface area (Å²) in [7, 11) is 0. The molecule has 2 rings (SSSR count). The average molecular weight is 389 g/mol. The van der Waals surface area contributed by atoms with Crippen LogP contribution in [0.25, 0.3) is 6.08 Å². The maximum Gasteiger partial charge on any atom is 0.430 e. The van der Waals surface area contributed by atoms with Gasteiger partial charge in [0.1, 0.15) is 0 Å². The molecule has 0 saturated carbocycles. The third-order valence-corrected chi connectivity index (χ3v) is 3.62. The molecule has 3 nitrogen and oxygen atoms in total. The molecule has 0 saturated heterocycles. The number of aliphatic hydroxyl groups is 1. The van der Waals surface area contributed by atoms with Crippen molar-refractivity contribution in [1.29, 1.82) is 0 Å². The van der Waals surface area contributed by atoms with Gasteiger partial charge in [-0.25, -0.2) is 0 Å². The quantitative estimate of drug-likeness (QED) is 0.591. The Balaban J connectivity index is 2.17. The normalized spacial score (nSPS) is 13.0. The SMILES string of the molecule is O=C(/C=C/c1ccccc1)Nc1ccc(C(O)(C(F)(F)F)C(F)(F)F)cc1. The highest BCUT2D eigenvalue weighted by Gasteiger charge is 2.71. The summed E-state index contributed by atoms with van der Waals surface area (Å²) in [6.07, 6.45) is -9.29. The van der Waals surface area contributed by atoms with E-state index in [1.807, 2.05) is 0 Å². The summed E-state index contributed by atoms with van der Waals surface area (Å²) in [4.78, 5) is 11.8. The van der Waals surface area contributed by atoms with E-state index in [9.17, 15) is 36.2 Å². The predicted molar refractivity (Wildman–Crippen MR) is 86.6 cm³/mol. The molecule has 0 atom stereocenters. The van der Waals surface area contributed by atoms with Crippen LogP contribution in [0.4, 0.5) is 32.0 Å². The Morgan fingerprint density at radius 1 is 0.852 bits per heavy atom. The third-order valence-electron chi connectivity index (χ3n) is 3.62. The minimum absolute atomic E-state index is 0.0341. The van der Waals surface area contributed by atoms with Gasteiger partial charge < -0.3 is 10.4 Å². The van der Waals surface area contributed by atoms with Crippen molar-refractivity contribution in [2.24, 2.45) is 0 Å². The molecule has 2 aromatic carbocycles. The Kier molecular flexibility index (Phi) is 5.65. The number of carbonyl (C=O) groups excluding carboxylic acids is 1. The van der Waals surface area contributed by atoms with E-state index in [1.54, 1.807) is 30.3 Å². The second-order valence-corrected chi connectivity index (χ2v) is 5.52. The molecule has 0 heterocycles. The number of rotatable bonds is 4. The van der Waals surface area contributed by atoms with E-state index in [0.29, 0.717) is 12.1 Å². The highest BCUT2D eigenvalue weighted by molar-refractivity contribution is 6.01. The molecule has 0 aromatic heterocycles. The predicted octanol–water partition coefficient (Wildman–Crippen LogP) is 4.65. The first kappa shape index (κ1) is 20.5. The van der Waals surface area contributed by atoms with Gasteiger partial charge >= 0.3 is 12.4 Å². The highest BCUT2D eigenvalue weighted by Crippen LogP contribution is 2.50. The Hall–Kier alpha value is -2.81. The van der Waals surface area contributed by atoms with Gasteiger partial charge in [-0.1, -0.05) is 42.5 Å². The van der Waals surface area contributed by atoms with Crippen LogP contribution in [0.1, 0.15) is 11.1 Å². The standard InChI is InChI=1S/C18H13F6NO2/c19-17(20,21)16(27,18(22,23)24)13-7-9-14(10-8-13)25-15(26)11-6-12-4-2-1-3-5-12/h1-11,27H,(H,25,26)/b11-6+. The molecule has 0 unspecified atom stereocenters. The van der Waals surface area contributed by atoms with Gasteiger partial charge in [0.25, 0.3) is 5.60 Å². The van der Waals surface area contributed by atoms with Gasteiger partial charge in [-0.05, 0) is 23.8 Å². The third kappa shape index (κ3) is 4.48. The molecule has 0 aliphatic carbocycles. The number of amides is 1. The Bertz CT molecular complexity index is 796. The molecule has 0 aliphatic heterocycles. The first-order valence-electron chi connectivity index (χ1n) is 7.45. The van der Waals surface area contributed by atoms with Gasteiger partial charge in [0.15, 0.2) is 0 Å². The van der Waals surface area contributed by atoms with Gasteiger partial charge in [-0.2, -0.15) is 26.3 Å². The van der Waals surface area contributed by atoms with Crippen LogP contribution in [-0.2, 0) is 10.4 Å². The summed E-state index contributed by atoms with van der Waals surface area (Å²) in [6.45, 7) is 0. The van der Waals surface area contributed by atoms with Crippen molar-refractivity contribution in [1.82, 2.24) is 0 Å². The monoisotopic (exact) mass is 389 g/mol. The topological polar surface area (TPSA) is 49.3 Å². The molecule has 0 spiro atoms. The number of hydrogen-bond acceptors (Lipinski definition) is 2. The summed E-state index contributed by atoms with van der Waals surface area (Å²) in [5.74, 6) is -0.631. The zero-order chi connectivity index (χ0) is 20.3. The largest absolute Gasteiger partial charge is 0.430 e. The van der Waals surface area contributed by atoms with Crippen molar-refractivity contribution >= 4 is 17.7 Å². The highest BCUT2D eigenvalue weighted by atomic mass is 19.4. The smallest absolute Gasteiger partial charge is 0.369 e. The lowest BCUT2D eigenvalue weighted by atomic mass is 9.92. The van der Waals surface area contributed by atoms with E-state index in [2.05, 4.69) is 5.32 Å². The van der Waals surface area contributed by atoms with Crippen LogP contribution in [0.3, 0.4) is 0 Å². The van der Waals surface area contributed by atoms with Crippen LogP contribution < -0.4 is 5.32 Å². The molecular formula is C18H13F6NO2. The summed E-state index contributed by atoms with van der Waals surface area (Å²) in [6, 6.07) is 11.3. The number of nitrogens with one attached hydrogen (secondary N) is 1. The summed E-state index contributed by atoms with van der Waals surface area (Å²) >= 11 is 0. The van der Waals surface area contributed by atoms with Crippen molar-refractivity contribution in [2.75, 3.05) is 5.32 Å². The Morgan fingerprint density at radius 3 is 1.85 bits per heavy atom. The molecule has 9 heteroatoms. The van der Waals surface area contributed by atoms with Crippen LogP contribution in [-0.4, -0.2) is 23.4 Å². The molecule has 2 N–H and O–H groups in total. The van der Waals surface area contributed by atoms with Gasteiger partial charge in [0, 0.05) is 17.3 Å². The van der Waals surface area contributed by atoms with E-state index in [4.69, 9.17) is 0 Å². The van der Waals surface area contributed by atoms with E-state index in [-0.39, 0.29) is 5.69 Å². The Morgan fingerprint density at radius 2 is 1.37 bits per heavy atom. The molecule has 0 radical (unpaired) electrons. The second-order valence-electron chi connectivity index (χ2n) is 5.52. The summed E-state index contributed by atoms with van der Waals surface area (Å²) in [5, 5.41) is 11.6. The molecule has 144 valence electrons. The Labute approximate surface area is 149 Å². The number of alkyl halides is 6. The van der Waals surface area contributed by atoms with Gasteiger partial charge in [0.05, 0.1) is 0 Å². The number of benzene rings is 2. The molecule has 1 amide bonds. The fraction of sp³-hybridized carbons (Fsp3) is 0.167. The van der Waals surface area contributed by atoms with Crippen LogP contribution in [0.2, 0.25) is 0 Å². The zero-order valence-electron chi connectivity index (χ0n) is 13.5. The molecule has 0 aliphatic rings. The first-order chi connectivity index (χ1) is 12.4. The van der Waals surface area contributed by atoms with Crippen LogP contribution in [0.15, 0.2) is 60.7 Å². The second kappa shape index (κ2) is 7.43. The van der Waals surface area contributed by atoms with Gasteiger partial charge in [0.2, 0.25) is 5.91 Å². The number of anilines is 1. The van der Waals surface area contributed by atoms with E-state index < -0.39 is 29.4 Å². The number of halogens is 6. The van der Waals surface area contributed by atoms with Gasteiger partial charge in [-0.3, -0.25) is 4.79 Å². The maximum atomic E-state index is 12.8. The van der Waals surface area contributed by atoms with E-state index in [0.717, 1.165) is 23.8 Å². The van der Waals surface area contributed by atoms with Gasteiger partial charge in [-0.15, -0.1) is 0 Å². The van der Waals surface area contributed by atoms with E-state index in [1.165, 1.54) is 6.08 Å². The molecule has 2 aromatic rings. The molecule has 0 fully saturated rings. The number of carbonyl (C=O) groups is 1. The van der Waals surface area contributed by atoms with Crippen LogP contribution in [0, 0.1) is 0 Å². The minimum Gasteiger partial charge on any atom is -0.369 e.